The normalized spacial score (nSPS) is 12.6. The highest BCUT2D eigenvalue weighted by Gasteiger charge is 2.34. The fraction of sp³-hybridized carbons (Fsp3) is 0.316. The number of sulfonamides is 1. The summed E-state index contributed by atoms with van der Waals surface area (Å²) in [6, 6.07) is 11.8. The van der Waals surface area contributed by atoms with Crippen LogP contribution in [0.3, 0.4) is 0 Å². The van der Waals surface area contributed by atoms with Gasteiger partial charge in [0.2, 0.25) is 10.0 Å². The van der Waals surface area contributed by atoms with Crippen LogP contribution < -0.4 is 4.74 Å². The lowest BCUT2D eigenvalue weighted by Gasteiger charge is -2.27. The summed E-state index contributed by atoms with van der Waals surface area (Å²) in [7, 11) is -2.45. The van der Waals surface area contributed by atoms with Crippen LogP contribution in [-0.2, 0) is 26.1 Å². The number of hydrogen-bond acceptors (Lipinski definition) is 5. The SMILES string of the molecule is CCOC(=O)C(C)N(Cc1ccc(Cl)cc1)S(=O)(=O)c1ccc(OC)cc1. The number of methoxy groups -OCH3 is 1. The molecular formula is C19H22ClNO5S. The van der Waals surface area contributed by atoms with E-state index in [1.54, 1.807) is 43.3 Å². The van der Waals surface area contributed by atoms with Gasteiger partial charge in [0.25, 0.3) is 0 Å². The van der Waals surface area contributed by atoms with Crippen molar-refractivity contribution in [3.05, 3.63) is 59.1 Å². The summed E-state index contributed by atoms with van der Waals surface area (Å²) in [6.45, 7) is 3.35. The Morgan fingerprint density at radius 2 is 1.70 bits per heavy atom. The third-order valence-electron chi connectivity index (χ3n) is 3.98. The van der Waals surface area contributed by atoms with Crippen LogP contribution in [0.2, 0.25) is 5.02 Å². The summed E-state index contributed by atoms with van der Waals surface area (Å²) < 4.78 is 37.6. The highest BCUT2D eigenvalue weighted by molar-refractivity contribution is 7.89. The van der Waals surface area contributed by atoms with Crippen LogP contribution in [0.5, 0.6) is 5.75 Å². The number of benzene rings is 2. The van der Waals surface area contributed by atoms with Gasteiger partial charge in [-0.25, -0.2) is 8.42 Å². The zero-order valence-electron chi connectivity index (χ0n) is 15.4. The zero-order chi connectivity index (χ0) is 20.0. The van der Waals surface area contributed by atoms with E-state index in [0.717, 1.165) is 4.31 Å². The molecule has 0 bridgehead atoms. The number of carbonyl (C=O) groups excluding carboxylic acids is 1. The Morgan fingerprint density at radius 1 is 1.11 bits per heavy atom. The van der Waals surface area contributed by atoms with Crippen LogP contribution in [-0.4, -0.2) is 38.5 Å². The molecule has 0 fully saturated rings. The molecule has 0 radical (unpaired) electrons. The van der Waals surface area contributed by atoms with E-state index in [1.807, 2.05) is 0 Å². The summed E-state index contributed by atoms with van der Waals surface area (Å²) in [4.78, 5) is 12.3. The van der Waals surface area contributed by atoms with Crippen LogP contribution in [0.25, 0.3) is 0 Å². The van der Waals surface area contributed by atoms with Gasteiger partial charge in [0, 0.05) is 11.6 Å². The molecule has 1 unspecified atom stereocenters. The molecule has 2 aromatic carbocycles. The molecule has 146 valence electrons. The van der Waals surface area contributed by atoms with Crippen LogP contribution in [0, 0.1) is 0 Å². The molecule has 0 aliphatic heterocycles. The lowest BCUT2D eigenvalue weighted by atomic mass is 10.2. The minimum Gasteiger partial charge on any atom is -0.497 e. The highest BCUT2D eigenvalue weighted by atomic mass is 35.5. The average molecular weight is 412 g/mol. The molecular weight excluding hydrogens is 390 g/mol. The van der Waals surface area contributed by atoms with Crippen molar-refractivity contribution < 1.29 is 22.7 Å². The van der Waals surface area contributed by atoms with E-state index in [-0.39, 0.29) is 18.0 Å². The third kappa shape index (κ3) is 5.22. The average Bonchev–Trinajstić information content (AvgIpc) is 2.67. The van der Waals surface area contributed by atoms with E-state index in [0.29, 0.717) is 16.3 Å². The maximum Gasteiger partial charge on any atom is 0.324 e. The molecule has 8 heteroatoms. The lowest BCUT2D eigenvalue weighted by molar-refractivity contribution is -0.147. The van der Waals surface area contributed by atoms with Gasteiger partial charge in [-0.2, -0.15) is 4.31 Å². The van der Waals surface area contributed by atoms with Gasteiger partial charge >= 0.3 is 5.97 Å². The summed E-state index contributed by atoms with van der Waals surface area (Å²) in [5.74, 6) is -0.0693. The number of nitrogens with zero attached hydrogens (tertiary/aromatic N) is 1. The van der Waals surface area contributed by atoms with Crippen LogP contribution in [0.15, 0.2) is 53.4 Å². The predicted molar refractivity (Wildman–Crippen MR) is 103 cm³/mol. The minimum absolute atomic E-state index is 0.00547. The molecule has 0 N–H and O–H groups in total. The van der Waals surface area contributed by atoms with Crippen molar-refractivity contribution in [2.45, 2.75) is 31.3 Å². The molecule has 1 atom stereocenters. The van der Waals surface area contributed by atoms with Gasteiger partial charge in [-0.15, -0.1) is 0 Å². The quantitative estimate of drug-likeness (QED) is 0.621. The number of halogens is 1. The summed E-state index contributed by atoms with van der Waals surface area (Å²) in [5, 5.41) is 0.543. The van der Waals surface area contributed by atoms with Crippen LogP contribution >= 0.6 is 11.6 Å². The maximum atomic E-state index is 13.2. The number of hydrogen-bond donors (Lipinski definition) is 0. The van der Waals surface area contributed by atoms with Gasteiger partial charge in [0.1, 0.15) is 11.8 Å². The molecule has 0 amide bonds. The first kappa shape index (κ1) is 21.2. The van der Waals surface area contributed by atoms with Gasteiger partial charge in [-0.3, -0.25) is 4.79 Å². The molecule has 2 aromatic rings. The number of rotatable bonds is 8. The van der Waals surface area contributed by atoms with Gasteiger partial charge < -0.3 is 9.47 Å². The highest BCUT2D eigenvalue weighted by Crippen LogP contribution is 2.24. The fourth-order valence-electron chi connectivity index (χ4n) is 2.46. The minimum atomic E-state index is -3.95. The number of carbonyl (C=O) groups is 1. The Bertz CT molecular complexity index is 866. The molecule has 0 aliphatic carbocycles. The standard InChI is InChI=1S/C19H22ClNO5S/c1-4-26-19(22)14(2)21(13-15-5-7-16(20)8-6-15)27(23,24)18-11-9-17(25-3)10-12-18/h5-12,14H,4,13H2,1-3H3. The van der Waals surface area contributed by atoms with Crippen molar-refractivity contribution in [1.29, 1.82) is 0 Å². The van der Waals surface area contributed by atoms with Crippen molar-refractivity contribution in [2.24, 2.45) is 0 Å². The van der Waals surface area contributed by atoms with E-state index in [2.05, 4.69) is 0 Å². The van der Waals surface area contributed by atoms with E-state index < -0.39 is 22.0 Å². The largest absolute Gasteiger partial charge is 0.497 e. The van der Waals surface area contributed by atoms with Crippen molar-refractivity contribution in [3.63, 3.8) is 0 Å². The number of ether oxygens (including phenoxy) is 2. The lowest BCUT2D eigenvalue weighted by Crippen LogP contribution is -2.43. The van der Waals surface area contributed by atoms with Crippen molar-refractivity contribution in [2.75, 3.05) is 13.7 Å². The molecule has 0 aromatic heterocycles. The maximum absolute atomic E-state index is 13.2. The molecule has 27 heavy (non-hydrogen) atoms. The Hall–Kier alpha value is -2.09. The van der Waals surface area contributed by atoms with Gasteiger partial charge in [-0.05, 0) is 55.8 Å². The molecule has 0 heterocycles. The monoisotopic (exact) mass is 411 g/mol. The van der Waals surface area contributed by atoms with Gasteiger partial charge in [0.15, 0.2) is 0 Å². The van der Waals surface area contributed by atoms with Crippen LogP contribution in [0.4, 0.5) is 0 Å². The second-order valence-electron chi connectivity index (χ2n) is 5.78. The molecule has 0 spiro atoms. The van der Waals surface area contributed by atoms with E-state index >= 15 is 0 Å². The summed E-state index contributed by atoms with van der Waals surface area (Å²) in [6.07, 6.45) is 0. The first-order valence-electron chi connectivity index (χ1n) is 8.36. The second-order valence-corrected chi connectivity index (χ2v) is 8.11. The summed E-state index contributed by atoms with van der Waals surface area (Å²) in [5.41, 5.74) is 0.702. The smallest absolute Gasteiger partial charge is 0.324 e. The third-order valence-corrected chi connectivity index (χ3v) is 6.16. The van der Waals surface area contributed by atoms with Crippen molar-refractivity contribution in [3.8, 4) is 5.75 Å². The molecule has 0 aliphatic rings. The predicted octanol–water partition coefficient (Wildman–Crippen LogP) is 3.49. The molecule has 0 saturated carbocycles. The Morgan fingerprint density at radius 3 is 2.22 bits per heavy atom. The zero-order valence-corrected chi connectivity index (χ0v) is 17.0. The second kappa shape index (κ2) is 9.21. The van der Waals surface area contributed by atoms with E-state index in [9.17, 15) is 13.2 Å². The number of esters is 1. The Kier molecular flexibility index (Phi) is 7.24. The fourth-order valence-corrected chi connectivity index (χ4v) is 4.16. The van der Waals surface area contributed by atoms with E-state index in [4.69, 9.17) is 21.1 Å². The van der Waals surface area contributed by atoms with Gasteiger partial charge in [0.05, 0.1) is 18.6 Å². The van der Waals surface area contributed by atoms with E-state index in [1.165, 1.54) is 26.2 Å². The topological polar surface area (TPSA) is 72.9 Å². The molecule has 0 saturated heterocycles. The first-order chi connectivity index (χ1) is 12.8. The van der Waals surface area contributed by atoms with Crippen LogP contribution in [0.1, 0.15) is 19.4 Å². The Labute approximate surface area is 164 Å². The van der Waals surface area contributed by atoms with Crippen molar-refractivity contribution >= 4 is 27.6 Å². The first-order valence-corrected chi connectivity index (χ1v) is 10.2. The van der Waals surface area contributed by atoms with Gasteiger partial charge in [-0.1, -0.05) is 23.7 Å². The Balaban J connectivity index is 2.42. The molecule has 6 nitrogen and oxygen atoms in total. The molecule has 2 rings (SSSR count). The van der Waals surface area contributed by atoms with Crippen molar-refractivity contribution in [1.82, 2.24) is 4.31 Å². The summed E-state index contributed by atoms with van der Waals surface area (Å²) >= 11 is 5.90.